The summed E-state index contributed by atoms with van der Waals surface area (Å²) in [6, 6.07) is 17.3. The summed E-state index contributed by atoms with van der Waals surface area (Å²) in [5, 5.41) is 0.638. The van der Waals surface area contributed by atoms with Crippen LogP contribution in [0.25, 0.3) is 0 Å². The van der Waals surface area contributed by atoms with Crippen molar-refractivity contribution in [3.8, 4) is 0 Å². The second kappa shape index (κ2) is 6.80. The molecule has 0 fully saturated rings. The number of imidazole rings is 1. The Morgan fingerprint density at radius 1 is 1.09 bits per heavy atom. The van der Waals surface area contributed by atoms with Crippen molar-refractivity contribution in [2.45, 2.75) is 20.0 Å². The fourth-order valence-corrected chi connectivity index (χ4v) is 2.66. The van der Waals surface area contributed by atoms with Gasteiger partial charge in [-0.25, -0.2) is 9.13 Å². The van der Waals surface area contributed by atoms with E-state index in [4.69, 9.17) is 11.6 Å². The van der Waals surface area contributed by atoms with Crippen molar-refractivity contribution >= 4 is 17.4 Å². The lowest BCUT2D eigenvalue weighted by molar-refractivity contribution is -0.693. The minimum absolute atomic E-state index is 0.0761. The van der Waals surface area contributed by atoms with Gasteiger partial charge in [0.05, 0.1) is 0 Å². The molecule has 23 heavy (non-hydrogen) atoms. The molecular formula is C19H18ClN2O+. The highest BCUT2D eigenvalue weighted by atomic mass is 35.5. The highest BCUT2D eigenvalue weighted by Crippen LogP contribution is 2.11. The number of Topliss-reactive ketones (excluding diaryl/α,β-unsaturated/α-hetero) is 1. The minimum atomic E-state index is 0.0761. The third-order valence-corrected chi connectivity index (χ3v) is 4.19. The molecule has 1 heterocycles. The van der Waals surface area contributed by atoms with Crippen LogP contribution in [0.4, 0.5) is 0 Å². The first-order chi connectivity index (χ1) is 11.1. The lowest BCUT2D eigenvalue weighted by Gasteiger charge is -2.02. The lowest BCUT2D eigenvalue weighted by Crippen LogP contribution is -2.36. The summed E-state index contributed by atoms with van der Waals surface area (Å²) in [5.41, 5.74) is 1.92. The first kappa shape index (κ1) is 15.5. The SMILES string of the molecule is Cc1n(CC(=O)c2ccc(Cl)cc2)cc[n+]1Cc1ccccc1. The van der Waals surface area contributed by atoms with Crippen molar-refractivity contribution in [3.63, 3.8) is 0 Å². The van der Waals surface area contributed by atoms with Gasteiger partial charge in [-0.05, 0) is 29.8 Å². The van der Waals surface area contributed by atoms with Crippen molar-refractivity contribution < 1.29 is 9.36 Å². The molecule has 0 saturated heterocycles. The van der Waals surface area contributed by atoms with Crippen LogP contribution in [0.15, 0.2) is 67.0 Å². The molecule has 0 saturated carbocycles. The van der Waals surface area contributed by atoms with E-state index in [1.54, 1.807) is 24.3 Å². The molecule has 3 aromatic rings. The number of benzene rings is 2. The quantitative estimate of drug-likeness (QED) is 0.519. The molecule has 0 N–H and O–H groups in total. The zero-order chi connectivity index (χ0) is 16.2. The van der Waals surface area contributed by atoms with Gasteiger partial charge in [0.1, 0.15) is 18.9 Å². The van der Waals surface area contributed by atoms with E-state index in [9.17, 15) is 4.79 Å². The minimum Gasteiger partial charge on any atom is -0.290 e. The van der Waals surface area contributed by atoms with E-state index in [0.717, 1.165) is 12.4 Å². The normalized spacial score (nSPS) is 10.7. The van der Waals surface area contributed by atoms with Gasteiger partial charge in [0, 0.05) is 17.5 Å². The molecule has 0 bridgehead atoms. The summed E-state index contributed by atoms with van der Waals surface area (Å²) < 4.78 is 4.12. The van der Waals surface area contributed by atoms with Crippen LogP contribution >= 0.6 is 11.6 Å². The Labute approximate surface area is 140 Å². The Hall–Kier alpha value is -2.39. The van der Waals surface area contributed by atoms with Crippen molar-refractivity contribution in [1.29, 1.82) is 0 Å². The van der Waals surface area contributed by atoms with Crippen LogP contribution in [0.2, 0.25) is 5.02 Å². The predicted octanol–water partition coefficient (Wildman–Crippen LogP) is 3.67. The summed E-state index contributed by atoms with van der Waals surface area (Å²) in [4.78, 5) is 12.4. The van der Waals surface area contributed by atoms with Crippen LogP contribution < -0.4 is 4.57 Å². The number of ketones is 1. The Morgan fingerprint density at radius 2 is 1.78 bits per heavy atom. The van der Waals surface area contributed by atoms with Crippen molar-refractivity contribution in [2.75, 3.05) is 0 Å². The standard InChI is InChI=1S/C19H18ClN2O/c1-15-21(13-16-5-3-2-4-6-16)11-12-22(15)14-19(23)17-7-9-18(20)10-8-17/h2-12H,13-14H2,1H3/q+1. The average Bonchev–Trinajstić information content (AvgIpc) is 2.90. The third kappa shape index (κ3) is 3.69. The maximum atomic E-state index is 12.4. The van der Waals surface area contributed by atoms with Gasteiger partial charge in [-0.1, -0.05) is 41.9 Å². The Morgan fingerprint density at radius 3 is 2.48 bits per heavy atom. The van der Waals surface area contributed by atoms with E-state index in [2.05, 4.69) is 16.7 Å². The smallest absolute Gasteiger partial charge is 0.253 e. The largest absolute Gasteiger partial charge is 0.290 e. The molecule has 0 aliphatic carbocycles. The van der Waals surface area contributed by atoms with Crippen LogP contribution in [-0.2, 0) is 13.1 Å². The van der Waals surface area contributed by atoms with Crippen LogP contribution in [0, 0.1) is 6.92 Å². The third-order valence-electron chi connectivity index (χ3n) is 3.93. The molecule has 4 heteroatoms. The summed E-state index contributed by atoms with van der Waals surface area (Å²) in [6.45, 7) is 3.15. The maximum Gasteiger partial charge on any atom is 0.253 e. The van der Waals surface area contributed by atoms with Crippen LogP contribution in [0.3, 0.4) is 0 Å². The second-order valence-electron chi connectivity index (χ2n) is 5.52. The summed E-state index contributed by atoms with van der Waals surface area (Å²) in [5.74, 6) is 1.13. The van der Waals surface area contributed by atoms with Gasteiger partial charge < -0.3 is 0 Å². The zero-order valence-electron chi connectivity index (χ0n) is 12.9. The summed E-state index contributed by atoms with van der Waals surface area (Å²) >= 11 is 5.86. The van der Waals surface area contributed by atoms with Crippen molar-refractivity contribution in [3.05, 3.63) is 89.0 Å². The number of hydrogen-bond donors (Lipinski definition) is 0. The van der Waals surface area contributed by atoms with Crippen molar-refractivity contribution in [2.24, 2.45) is 0 Å². The van der Waals surface area contributed by atoms with Gasteiger partial charge in [-0.3, -0.25) is 4.79 Å². The molecule has 0 unspecified atom stereocenters. The monoisotopic (exact) mass is 325 g/mol. The number of aromatic nitrogens is 2. The van der Waals surface area contributed by atoms with Gasteiger partial charge in [-0.2, -0.15) is 0 Å². The molecule has 0 atom stereocenters. The number of hydrogen-bond acceptors (Lipinski definition) is 1. The summed E-state index contributed by atoms with van der Waals surface area (Å²) in [7, 11) is 0. The summed E-state index contributed by atoms with van der Waals surface area (Å²) in [6.07, 6.45) is 3.96. The van der Waals surface area contributed by atoms with Gasteiger partial charge in [0.15, 0.2) is 6.54 Å². The second-order valence-corrected chi connectivity index (χ2v) is 5.95. The van der Waals surface area contributed by atoms with E-state index in [1.165, 1.54) is 5.56 Å². The van der Waals surface area contributed by atoms with E-state index >= 15 is 0 Å². The molecule has 3 nitrogen and oxygen atoms in total. The number of nitrogens with zero attached hydrogens (tertiary/aromatic N) is 2. The molecule has 116 valence electrons. The molecule has 1 aromatic heterocycles. The fourth-order valence-electron chi connectivity index (χ4n) is 2.54. The molecular weight excluding hydrogens is 308 g/mol. The van der Waals surface area contributed by atoms with Gasteiger partial charge in [0.25, 0.3) is 5.82 Å². The molecule has 0 spiro atoms. The van der Waals surface area contributed by atoms with Crippen molar-refractivity contribution in [1.82, 2.24) is 4.57 Å². The first-order valence-corrected chi connectivity index (χ1v) is 7.89. The van der Waals surface area contributed by atoms with Crippen LogP contribution in [0.5, 0.6) is 0 Å². The number of carbonyl (C=O) groups excluding carboxylic acids is 1. The van der Waals surface area contributed by atoms with Crippen LogP contribution in [0.1, 0.15) is 21.7 Å². The molecule has 0 radical (unpaired) electrons. The maximum absolute atomic E-state index is 12.4. The number of carbonyl (C=O) groups is 1. The van der Waals surface area contributed by atoms with Gasteiger partial charge >= 0.3 is 0 Å². The van der Waals surface area contributed by atoms with E-state index in [-0.39, 0.29) is 5.78 Å². The Balaban J connectivity index is 1.74. The lowest BCUT2D eigenvalue weighted by atomic mass is 10.1. The Kier molecular flexibility index (Phi) is 4.58. The molecule has 2 aromatic carbocycles. The molecule has 0 aliphatic rings. The average molecular weight is 326 g/mol. The highest BCUT2D eigenvalue weighted by molar-refractivity contribution is 6.30. The number of rotatable bonds is 5. The first-order valence-electron chi connectivity index (χ1n) is 7.51. The zero-order valence-corrected chi connectivity index (χ0v) is 13.7. The van der Waals surface area contributed by atoms with E-state index < -0.39 is 0 Å². The number of halogens is 1. The fraction of sp³-hybridized carbons (Fsp3) is 0.158. The topological polar surface area (TPSA) is 25.9 Å². The molecule has 3 rings (SSSR count). The van der Waals surface area contributed by atoms with Gasteiger partial charge in [0.2, 0.25) is 5.78 Å². The van der Waals surface area contributed by atoms with E-state index in [0.29, 0.717) is 17.1 Å². The van der Waals surface area contributed by atoms with Crippen LogP contribution in [-0.4, -0.2) is 10.4 Å². The Bertz CT molecular complexity index is 807. The highest BCUT2D eigenvalue weighted by Gasteiger charge is 2.16. The van der Waals surface area contributed by atoms with E-state index in [1.807, 2.05) is 42.1 Å². The molecule has 0 aliphatic heterocycles. The van der Waals surface area contributed by atoms with Gasteiger partial charge in [-0.15, -0.1) is 0 Å². The molecule has 0 amide bonds. The predicted molar refractivity (Wildman–Crippen MR) is 90.7 cm³/mol.